The molecule has 0 aromatic carbocycles. The second-order valence-corrected chi connectivity index (χ2v) is 4.38. The zero-order valence-corrected chi connectivity index (χ0v) is 7.63. The molecule has 0 bridgehead atoms. The Kier molecular flexibility index (Phi) is 2.66. The van der Waals surface area contributed by atoms with Crippen LogP contribution in [-0.2, 0) is 0 Å². The minimum atomic E-state index is 0.0142. The molecule has 0 aromatic heterocycles. The van der Waals surface area contributed by atoms with Gasteiger partial charge >= 0.3 is 0 Å². The van der Waals surface area contributed by atoms with Gasteiger partial charge in [-0.1, -0.05) is 12.8 Å². The van der Waals surface area contributed by atoms with Gasteiger partial charge in [0.15, 0.2) is 0 Å². The SMILES string of the molecule is OC1CC(CNC2CCCC2)C1. The third kappa shape index (κ3) is 1.99. The van der Waals surface area contributed by atoms with Crippen LogP contribution in [0.4, 0.5) is 0 Å². The Labute approximate surface area is 74.4 Å². The highest BCUT2D eigenvalue weighted by molar-refractivity contribution is 4.82. The van der Waals surface area contributed by atoms with Gasteiger partial charge < -0.3 is 10.4 Å². The van der Waals surface area contributed by atoms with Crippen molar-refractivity contribution >= 4 is 0 Å². The Bertz CT molecular complexity index is 137. The molecule has 2 aliphatic rings. The molecule has 12 heavy (non-hydrogen) atoms. The van der Waals surface area contributed by atoms with E-state index in [1.807, 2.05) is 0 Å². The van der Waals surface area contributed by atoms with Gasteiger partial charge in [0.2, 0.25) is 0 Å². The summed E-state index contributed by atoms with van der Waals surface area (Å²) >= 11 is 0. The zero-order valence-electron chi connectivity index (χ0n) is 7.63. The van der Waals surface area contributed by atoms with Gasteiger partial charge in [-0.2, -0.15) is 0 Å². The van der Waals surface area contributed by atoms with Gasteiger partial charge in [-0.3, -0.25) is 0 Å². The van der Waals surface area contributed by atoms with Crippen LogP contribution < -0.4 is 5.32 Å². The second kappa shape index (κ2) is 3.75. The average Bonchev–Trinajstić information content (AvgIpc) is 2.47. The maximum atomic E-state index is 9.08. The Morgan fingerprint density at radius 2 is 1.83 bits per heavy atom. The Morgan fingerprint density at radius 1 is 1.17 bits per heavy atom. The Hall–Kier alpha value is -0.0800. The van der Waals surface area contributed by atoms with Crippen LogP contribution in [0.1, 0.15) is 38.5 Å². The molecule has 0 saturated heterocycles. The first-order chi connectivity index (χ1) is 5.84. The summed E-state index contributed by atoms with van der Waals surface area (Å²) in [6, 6.07) is 0.794. The van der Waals surface area contributed by atoms with Crippen LogP contribution in [0.15, 0.2) is 0 Å². The molecule has 0 unspecified atom stereocenters. The Morgan fingerprint density at radius 3 is 2.42 bits per heavy atom. The number of hydrogen-bond donors (Lipinski definition) is 2. The molecule has 2 saturated carbocycles. The molecule has 0 heterocycles. The summed E-state index contributed by atoms with van der Waals surface area (Å²) < 4.78 is 0. The van der Waals surface area contributed by atoms with Gasteiger partial charge in [0.1, 0.15) is 0 Å². The summed E-state index contributed by atoms with van der Waals surface area (Å²) in [6.45, 7) is 1.14. The standard InChI is InChI=1S/C10H19NO/c12-10-5-8(6-10)7-11-9-3-1-2-4-9/h8-12H,1-7H2. The van der Waals surface area contributed by atoms with E-state index in [-0.39, 0.29) is 6.10 Å². The zero-order chi connectivity index (χ0) is 8.39. The van der Waals surface area contributed by atoms with Crippen molar-refractivity contribution in [3.05, 3.63) is 0 Å². The van der Waals surface area contributed by atoms with Crippen molar-refractivity contribution in [2.75, 3.05) is 6.54 Å². The number of rotatable bonds is 3. The highest BCUT2D eigenvalue weighted by Gasteiger charge is 2.27. The molecule has 2 N–H and O–H groups in total. The summed E-state index contributed by atoms with van der Waals surface area (Å²) in [5.41, 5.74) is 0. The van der Waals surface area contributed by atoms with Crippen LogP contribution in [0.2, 0.25) is 0 Å². The third-order valence-electron chi connectivity index (χ3n) is 3.26. The van der Waals surface area contributed by atoms with E-state index in [4.69, 9.17) is 5.11 Å². The minimum Gasteiger partial charge on any atom is -0.393 e. The van der Waals surface area contributed by atoms with E-state index in [0.29, 0.717) is 0 Å². The summed E-state index contributed by atoms with van der Waals surface area (Å²) in [5, 5.41) is 12.7. The van der Waals surface area contributed by atoms with E-state index < -0.39 is 0 Å². The van der Waals surface area contributed by atoms with Gasteiger partial charge in [-0.15, -0.1) is 0 Å². The molecular formula is C10H19NO. The molecule has 0 aromatic rings. The minimum absolute atomic E-state index is 0.0142. The van der Waals surface area contributed by atoms with Gasteiger partial charge in [0, 0.05) is 6.04 Å². The predicted molar refractivity (Wildman–Crippen MR) is 49.0 cm³/mol. The van der Waals surface area contributed by atoms with Crippen LogP contribution in [0.25, 0.3) is 0 Å². The monoisotopic (exact) mass is 169 g/mol. The van der Waals surface area contributed by atoms with Crippen molar-refractivity contribution in [3.63, 3.8) is 0 Å². The molecule has 2 nitrogen and oxygen atoms in total. The lowest BCUT2D eigenvalue weighted by atomic mass is 9.82. The number of hydrogen-bond acceptors (Lipinski definition) is 2. The van der Waals surface area contributed by atoms with E-state index in [1.165, 1.54) is 25.7 Å². The van der Waals surface area contributed by atoms with E-state index in [1.54, 1.807) is 0 Å². The van der Waals surface area contributed by atoms with Crippen molar-refractivity contribution in [2.24, 2.45) is 5.92 Å². The van der Waals surface area contributed by atoms with Crippen LogP contribution in [0, 0.1) is 5.92 Å². The smallest absolute Gasteiger partial charge is 0.0546 e. The second-order valence-electron chi connectivity index (χ2n) is 4.38. The van der Waals surface area contributed by atoms with Crippen LogP contribution in [0.5, 0.6) is 0 Å². The lowest BCUT2D eigenvalue weighted by molar-refractivity contribution is 0.0419. The highest BCUT2D eigenvalue weighted by Crippen LogP contribution is 2.27. The van der Waals surface area contributed by atoms with Gasteiger partial charge in [-0.05, 0) is 38.1 Å². The largest absolute Gasteiger partial charge is 0.393 e. The van der Waals surface area contributed by atoms with Crippen molar-refractivity contribution in [1.29, 1.82) is 0 Å². The molecule has 0 amide bonds. The van der Waals surface area contributed by atoms with Gasteiger partial charge in [0.25, 0.3) is 0 Å². The summed E-state index contributed by atoms with van der Waals surface area (Å²) in [4.78, 5) is 0. The molecule has 2 rings (SSSR count). The topological polar surface area (TPSA) is 32.3 Å². The first-order valence-corrected chi connectivity index (χ1v) is 5.26. The molecule has 0 spiro atoms. The van der Waals surface area contributed by atoms with E-state index in [9.17, 15) is 0 Å². The maximum absolute atomic E-state index is 9.08. The van der Waals surface area contributed by atoms with E-state index >= 15 is 0 Å². The van der Waals surface area contributed by atoms with Crippen LogP contribution in [0.3, 0.4) is 0 Å². The summed E-state index contributed by atoms with van der Waals surface area (Å²) in [6.07, 6.45) is 7.63. The first kappa shape index (κ1) is 8.52. The maximum Gasteiger partial charge on any atom is 0.0546 e. The van der Waals surface area contributed by atoms with Gasteiger partial charge in [-0.25, -0.2) is 0 Å². The molecule has 2 heteroatoms. The number of nitrogens with one attached hydrogen (secondary N) is 1. The van der Waals surface area contributed by atoms with Crippen LogP contribution >= 0.6 is 0 Å². The summed E-state index contributed by atoms with van der Waals surface area (Å²) in [7, 11) is 0. The normalized spacial score (nSPS) is 36.8. The number of aliphatic hydroxyl groups is 1. The van der Waals surface area contributed by atoms with E-state index in [2.05, 4.69) is 5.32 Å². The van der Waals surface area contributed by atoms with Crippen molar-refractivity contribution in [1.82, 2.24) is 5.32 Å². The average molecular weight is 169 g/mol. The molecule has 0 aliphatic heterocycles. The highest BCUT2D eigenvalue weighted by atomic mass is 16.3. The van der Waals surface area contributed by atoms with Crippen molar-refractivity contribution in [3.8, 4) is 0 Å². The fourth-order valence-corrected chi connectivity index (χ4v) is 2.33. The first-order valence-electron chi connectivity index (χ1n) is 5.26. The molecule has 70 valence electrons. The van der Waals surface area contributed by atoms with Crippen LogP contribution in [-0.4, -0.2) is 23.8 Å². The summed E-state index contributed by atoms with van der Waals surface area (Å²) in [5.74, 6) is 0.764. The number of aliphatic hydroxyl groups excluding tert-OH is 1. The predicted octanol–water partition coefficient (Wildman–Crippen LogP) is 1.29. The fraction of sp³-hybridized carbons (Fsp3) is 1.00. The van der Waals surface area contributed by atoms with E-state index in [0.717, 1.165) is 31.3 Å². The molecular weight excluding hydrogens is 150 g/mol. The van der Waals surface area contributed by atoms with Crippen molar-refractivity contribution in [2.45, 2.75) is 50.7 Å². The molecule has 0 radical (unpaired) electrons. The quantitative estimate of drug-likeness (QED) is 0.667. The van der Waals surface area contributed by atoms with Crippen molar-refractivity contribution < 1.29 is 5.11 Å². The third-order valence-corrected chi connectivity index (χ3v) is 3.26. The molecule has 0 atom stereocenters. The Balaban J connectivity index is 1.56. The molecule has 2 aliphatic carbocycles. The van der Waals surface area contributed by atoms with Gasteiger partial charge in [0.05, 0.1) is 6.10 Å². The molecule has 2 fully saturated rings. The lowest BCUT2D eigenvalue weighted by Crippen LogP contribution is -2.39. The lowest BCUT2D eigenvalue weighted by Gasteiger charge is -2.32. The fourth-order valence-electron chi connectivity index (χ4n) is 2.33.